The van der Waals surface area contributed by atoms with Crippen molar-refractivity contribution in [3.63, 3.8) is 0 Å². The van der Waals surface area contributed by atoms with Crippen molar-refractivity contribution in [2.75, 3.05) is 13.7 Å². The Morgan fingerprint density at radius 2 is 2.33 bits per heavy atom. The van der Waals surface area contributed by atoms with Crippen LogP contribution < -0.4 is 0 Å². The molecule has 0 amide bonds. The molecule has 4 heteroatoms. The highest BCUT2D eigenvalue weighted by molar-refractivity contribution is 5.59. The molecule has 0 aromatic heterocycles. The van der Waals surface area contributed by atoms with Crippen LogP contribution in [-0.2, 0) is 9.47 Å². The maximum Gasteiger partial charge on any atom is 0.508 e. The van der Waals surface area contributed by atoms with Crippen molar-refractivity contribution in [1.82, 2.24) is 0 Å². The van der Waals surface area contributed by atoms with Gasteiger partial charge in [-0.25, -0.2) is 9.18 Å². The second-order valence-corrected chi connectivity index (χ2v) is 1.26. The van der Waals surface area contributed by atoms with Crippen LogP contribution in [0.5, 0.6) is 0 Å². The third-order valence-corrected chi connectivity index (χ3v) is 0.513. The van der Waals surface area contributed by atoms with Gasteiger partial charge < -0.3 is 9.47 Å². The second-order valence-electron chi connectivity index (χ2n) is 1.26. The molecule has 0 atom stereocenters. The van der Waals surface area contributed by atoms with Crippen LogP contribution in [0.25, 0.3) is 0 Å². The van der Waals surface area contributed by atoms with E-state index in [2.05, 4.69) is 16.1 Å². The summed E-state index contributed by atoms with van der Waals surface area (Å²) in [7, 11) is 1.14. The SMILES string of the molecule is C=C(F)COC(=O)OC. The lowest BCUT2D eigenvalue weighted by atomic mass is 10.6. The van der Waals surface area contributed by atoms with Gasteiger partial charge in [0.25, 0.3) is 0 Å². The molecular weight excluding hydrogens is 127 g/mol. The minimum absolute atomic E-state index is 0.438. The Morgan fingerprint density at radius 3 is 2.67 bits per heavy atom. The van der Waals surface area contributed by atoms with Crippen molar-refractivity contribution in [3.05, 3.63) is 12.4 Å². The molecule has 0 aliphatic carbocycles. The van der Waals surface area contributed by atoms with E-state index >= 15 is 0 Å². The summed E-state index contributed by atoms with van der Waals surface area (Å²) in [5.74, 6) is -0.708. The molecule has 0 aromatic carbocycles. The van der Waals surface area contributed by atoms with Crippen LogP contribution in [0.3, 0.4) is 0 Å². The van der Waals surface area contributed by atoms with Gasteiger partial charge in [-0.15, -0.1) is 0 Å². The van der Waals surface area contributed by atoms with Crippen molar-refractivity contribution in [2.45, 2.75) is 0 Å². The predicted octanol–water partition coefficient (Wildman–Crippen LogP) is 1.25. The summed E-state index contributed by atoms with van der Waals surface area (Å²) < 4.78 is 19.8. The van der Waals surface area contributed by atoms with E-state index in [1.807, 2.05) is 0 Å². The highest BCUT2D eigenvalue weighted by Crippen LogP contribution is 1.92. The van der Waals surface area contributed by atoms with E-state index in [1.165, 1.54) is 0 Å². The highest BCUT2D eigenvalue weighted by atomic mass is 19.1. The van der Waals surface area contributed by atoms with Gasteiger partial charge >= 0.3 is 6.16 Å². The van der Waals surface area contributed by atoms with E-state index in [4.69, 9.17) is 0 Å². The second kappa shape index (κ2) is 3.88. The molecule has 0 N–H and O–H groups in total. The van der Waals surface area contributed by atoms with Crippen LogP contribution in [0.4, 0.5) is 9.18 Å². The van der Waals surface area contributed by atoms with E-state index in [1.54, 1.807) is 0 Å². The monoisotopic (exact) mass is 134 g/mol. The summed E-state index contributed by atoms with van der Waals surface area (Å²) in [6, 6.07) is 0. The first kappa shape index (κ1) is 7.94. The van der Waals surface area contributed by atoms with E-state index in [0.717, 1.165) is 7.11 Å². The van der Waals surface area contributed by atoms with Crippen molar-refractivity contribution >= 4 is 6.16 Å². The summed E-state index contributed by atoms with van der Waals surface area (Å²) in [6.45, 7) is 2.42. The number of carbonyl (C=O) groups is 1. The summed E-state index contributed by atoms with van der Waals surface area (Å²) >= 11 is 0. The fourth-order valence-electron chi connectivity index (χ4n) is 0.196. The third kappa shape index (κ3) is 4.80. The molecule has 0 rings (SSSR count). The molecule has 0 bridgehead atoms. The average molecular weight is 134 g/mol. The quantitative estimate of drug-likeness (QED) is 0.533. The minimum Gasteiger partial charge on any atom is -0.438 e. The number of ether oxygens (including phenoxy) is 2. The van der Waals surface area contributed by atoms with Gasteiger partial charge in [-0.05, 0) is 0 Å². The van der Waals surface area contributed by atoms with Gasteiger partial charge in [0.2, 0.25) is 0 Å². The van der Waals surface area contributed by atoms with Crippen LogP contribution >= 0.6 is 0 Å². The van der Waals surface area contributed by atoms with Crippen molar-refractivity contribution in [3.8, 4) is 0 Å². The van der Waals surface area contributed by atoms with Gasteiger partial charge in [0.1, 0.15) is 12.4 Å². The molecule has 0 aromatic rings. The zero-order valence-corrected chi connectivity index (χ0v) is 5.02. The van der Waals surface area contributed by atoms with Gasteiger partial charge in [-0.3, -0.25) is 0 Å². The van der Waals surface area contributed by atoms with E-state index in [0.29, 0.717) is 0 Å². The van der Waals surface area contributed by atoms with Crippen molar-refractivity contribution in [1.29, 1.82) is 0 Å². The van der Waals surface area contributed by atoms with Gasteiger partial charge in [-0.2, -0.15) is 0 Å². The Morgan fingerprint density at radius 1 is 1.78 bits per heavy atom. The Hall–Kier alpha value is -1.06. The fraction of sp³-hybridized carbons (Fsp3) is 0.400. The number of methoxy groups -OCH3 is 1. The van der Waals surface area contributed by atoms with E-state index in [9.17, 15) is 9.18 Å². The smallest absolute Gasteiger partial charge is 0.438 e. The van der Waals surface area contributed by atoms with Gasteiger partial charge in [-0.1, -0.05) is 6.58 Å². The number of rotatable bonds is 2. The maximum atomic E-state index is 11.7. The molecule has 0 radical (unpaired) electrons. The number of carbonyl (C=O) groups excluding carboxylic acids is 1. The molecule has 0 fully saturated rings. The molecule has 0 aliphatic rings. The topological polar surface area (TPSA) is 35.5 Å². The number of hydrogen-bond donors (Lipinski definition) is 0. The highest BCUT2D eigenvalue weighted by Gasteiger charge is 1.99. The Labute approximate surface area is 52.1 Å². The predicted molar refractivity (Wildman–Crippen MR) is 28.6 cm³/mol. The van der Waals surface area contributed by atoms with Crippen molar-refractivity contribution in [2.24, 2.45) is 0 Å². The molecule has 0 aliphatic heterocycles. The van der Waals surface area contributed by atoms with Crippen LogP contribution in [0.2, 0.25) is 0 Å². The standard InChI is InChI=1S/C5H7FO3/c1-4(6)3-9-5(7)8-2/h1,3H2,2H3. The molecule has 3 nitrogen and oxygen atoms in total. The fourth-order valence-corrected chi connectivity index (χ4v) is 0.196. The molecule has 0 spiro atoms. The van der Waals surface area contributed by atoms with Crippen LogP contribution in [-0.4, -0.2) is 19.9 Å². The summed E-state index contributed by atoms with van der Waals surface area (Å²) in [5.41, 5.74) is 0. The molecule has 0 saturated carbocycles. The van der Waals surface area contributed by atoms with Gasteiger partial charge in [0, 0.05) is 0 Å². The lowest BCUT2D eigenvalue weighted by Crippen LogP contribution is -2.04. The zero-order valence-electron chi connectivity index (χ0n) is 5.02. The van der Waals surface area contributed by atoms with Gasteiger partial charge in [0.15, 0.2) is 0 Å². The molecule has 0 saturated heterocycles. The van der Waals surface area contributed by atoms with Gasteiger partial charge in [0.05, 0.1) is 7.11 Å². The Kier molecular flexibility index (Phi) is 3.43. The summed E-state index contributed by atoms with van der Waals surface area (Å²) in [5, 5.41) is 0. The molecular formula is C5H7FO3. The lowest BCUT2D eigenvalue weighted by molar-refractivity contribution is 0.0760. The minimum atomic E-state index is -0.909. The first-order valence-corrected chi connectivity index (χ1v) is 2.21. The third-order valence-electron chi connectivity index (χ3n) is 0.513. The van der Waals surface area contributed by atoms with Crippen LogP contribution in [0.1, 0.15) is 0 Å². The largest absolute Gasteiger partial charge is 0.508 e. The van der Waals surface area contributed by atoms with E-state index in [-0.39, 0.29) is 0 Å². The molecule has 0 unspecified atom stereocenters. The molecule has 9 heavy (non-hydrogen) atoms. The molecule has 52 valence electrons. The van der Waals surface area contributed by atoms with Crippen LogP contribution in [0.15, 0.2) is 12.4 Å². The normalized spacial score (nSPS) is 8.22. The summed E-state index contributed by atoms with van der Waals surface area (Å²) in [4.78, 5) is 10.1. The Balaban J connectivity index is 3.28. The van der Waals surface area contributed by atoms with E-state index < -0.39 is 18.6 Å². The lowest BCUT2D eigenvalue weighted by Gasteiger charge is -1.97. The maximum absolute atomic E-state index is 11.7. The molecule has 0 heterocycles. The van der Waals surface area contributed by atoms with Crippen LogP contribution in [0, 0.1) is 0 Å². The van der Waals surface area contributed by atoms with Crippen molar-refractivity contribution < 1.29 is 18.7 Å². The first-order chi connectivity index (χ1) is 4.16. The zero-order chi connectivity index (χ0) is 7.28. The number of halogens is 1. The Bertz CT molecular complexity index is 121. The first-order valence-electron chi connectivity index (χ1n) is 2.21. The number of hydrogen-bond acceptors (Lipinski definition) is 3. The average Bonchev–Trinajstić information content (AvgIpc) is 1.83. The summed E-state index contributed by atoms with van der Waals surface area (Å²) in [6.07, 6.45) is -0.909.